The van der Waals surface area contributed by atoms with E-state index >= 15 is 0 Å². The van der Waals surface area contributed by atoms with Crippen LogP contribution in [0.3, 0.4) is 0 Å². The lowest BCUT2D eigenvalue weighted by Gasteiger charge is -2.23. The Hall–Kier alpha value is -2.95. The minimum atomic E-state index is -0.465. The number of rotatable bonds is 5. The summed E-state index contributed by atoms with van der Waals surface area (Å²) in [5.74, 6) is 0.300. The van der Waals surface area contributed by atoms with Crippen molar-refractivity contribution in [3.8, 4) is 5.75 Å². The summed E-state index contributed by atoms with van der Waals surface area (Å²) in [6, 6.07) is 14.2. The molecule has 4 atom stereocenters. The lowest BCUT2D eigenvalue weighted by Crippen LogP contribution is -2.32. The smallest absolute Gasteiger partial charge is 0.343 e. The van der Waals surface area contributed by atoms with E-state index in [0.29, 0.717) is 28.8 Å². The number of carbonyl (C=O) groups is 3. The second-order valence-corrected chi connectivity index (χ2v) is 10.1. The third kappa shape index (κ3) is 3.26. The summed E-state index contributed by atoms with van der Waals surface area (Å²) in [6.45, 7) is 6.52. The highest BCUT2D eigenvalue weighted by atomic mass is 16.5. The van der Waals surface area contributed by atoms with Crippen LogP contribution in [0, 0.1) is 23.7 Å². The lowest BCUT2D eigenvalue weighted by atomic mass is 9.81. The highest BCUT2D eigenvalue weighted by Crippen LogP contribution is 2.56. The van der Waals surface area contributed by atoms with Crippen molar-refractivity contribution in [2.75, 3.05) is 4.90 Å². The molecule has 2 saturated carbocycles. The first-order valence-corrected chi connectivity index (χ1v) is 11.6. The molecule has 5 rings (SSSR count). The van der Waals surface area contributed by atoms with E-state index in [9.17, 15) is 14.4 Å². The maximum Gasteiger partial charge on any atom is 0.343 e. The second-order valence-electron chi connectivity index (χ2n) is 10.1. The van der Waals surface area contributed by atoms with Gasteiger partial charge < -0.3 is 4.74 Å². The zero-order valence-corrected chi connectivity index (χ0v) is 18.8. The Bertz CT molecular complexity index is 1040. The fourth-order valence-electron chi connectivity index (χ4n) is 5.75. The highest BCUT2D eigenvalue weighted by molar-refractivity contribution is 6.22. The van der Waals surface area contributed by atoms with Crippen LogP contribution in [0.25, 0.3) is 0 Å². The standard InChI is InChI=1S/C27H29NO4/c1-4-27(2,3)19-9-13-21(14-10-19)32-26(31)16-7-11-20(12-8-16)28-24(29)22-17-5-6-18(15-17)23(22)25(28)30/h7-14,17-18,22-23H,4-6,15H2,1-3H3/t17-,18-,22-,23+/m0/s1. The van der Waals surface area contributed by atoms with Gasteiger partial charge in [0.05, 0.1) is 23.1 Å². The molecule has 1 saturated heterocycles. The van der Waals surface area contributed by atoms with E-state index in [1.54, 1.807) is 24.3 Å². The number of hydrogen-bond acceptors (Lipinski definition) is 4. The Labute approximate surface area is 188 Å². The third-order valence-corrected chi connectivity index (χ3v) is 8.02. The van der Waals surface area contributed by atoms with Gasteiger partial charge in [0.25, 0.3) is 0 Å². The average Bonchev–Trinajstić information content (AvgIpc) is 3.48. The molecular weight excluding hydrogens is 402 g/mol. The Morgan fingerprint density at radius 2 is 1.50 bits per heavy atom. The number of esters is 1. The summed E-state index contributed by atoms with van der Waals surface area (Å²) in [5.41, 5.74) is 2.19. The van der Waals surface area contributed by atoms with Crippen molar-refractivity contribution in [1.82, 2.24) is 0 Å². The number of amides is 2. The topological polar surface area (TPSA) is 63.7 Å². The maximum absolute atomic E-state index is 13.0. The number of carbonyl (C=O) groups excluding carboxylic acids is 3. The monoisotopic (exact) mass is 431 g/mol. The van der Waals surface area contributed by atoms with Gasteiger partial charge in [-0.3, -0.25) is 14.5 Å². The van der Waals surface area contributed by atoms with Gasteiger partial charge >= 0.3 is 5.97 Å². The van der Waals surface area contributed by atoms with Crippen LogP contribution in [-0.4, -0.2) is 17.8 Å². The molecule has 2 aromatic carbocycles. The molecule has 1 heterocycles. The number of ether oxygens (including phenoxy) is 1. The molecule has 0 N–H and O–H groups in total. The van der Waals surface area contributed by atoms with Gasteiger partial charge in [0.15, 0.2) is 0 Å². The Kier molecular flexibility index (Phi) is 4.95. The van der Waals surface area contributed by atoms with E-state index in [4.69, 9.17) is 4.74 Å². The van der Waals surface area contributed by atoms with Crippen LogP contribution in [0.15, 0.2) is 48.5 Å². The van der Waals surface area contributed by atoms with Crippen molar-refractivity contribution >= 4 is 23.5 Å². The molecule has 5 heteroatoms. The number of imide groups is 1. The number of benzene rings is 2. The molecule has 2 aromatic rings. The summed E-state index contributed by atoms with van der Waals surface area (Å²) in [5, 5.41) is 0. The van der Waals surface area contributed by atoms with Crippen LogP contribution >= 0.6 is 0 Å². The number of anilines is 1. The van der Waals surface area contributed by atoms with E-state index < -0.39 is 5.97 Å². The molecule has 1 aliphatic heterocycles. The largest absolute Gasteiger partial charge is 0.423 e. The van der Waals surface area contributed by atoms with E-state index in [2.05, 4.69) is 20.8 Å². The first-order valence-electron chi connectivity index (χ1n) is 11.6. The quantitative estimate of drug-likeness (QED) is 0.374. The van der Waals surface area contributed by atoms with E-state index in [1.165, 1.54) is 10.5 Å². The van der Waals surface area contributed by atoms with Crippen molar-refractivity contribution in [3.63, 3.8) is 0 Å². The van der Waals surface area contributed by atoms with Crippen molar-refractivity contribution in [2.45, 2.75) is 51.9 Å². The number of hydrogen-bond donors (Lipinski definition) is 0. The van der Waals surface area contributed by atoms with Gasteiger partial charge in [0.1, 0.15) is 5.75 Å². The molecular formula is C27H29NO4. The second kappa shape index (κ2) is 7.58. The molecule has 0 radical (unpaired) electrons. The van der Waals surface area contributed by atoms with Gasteiger partial charge in [-0.1, -0.05) is 32.9 Å². The first kappa shape index (κ1) is 20.9. The molecule has 2 amide bonds. The molecule has 5 nitrogen and oxygen atoms in total. The minimum absolute atomic E-state index is 0.0703. The fourth-order valence-corrected chi connectivity index (χ4v) is 5.75. The van der Waals surface area contributed by atoms with E-state index in [1.807, 2.05) is 24.3 Å². The number of fused-ring (bicyclic) bond motifs is 5. The number of nitrogens with zero attached hydrogens (tertiary/aromatic N) is 1. The maximum atomic E-state index is 13.0. The SMILES string of the molecule is CCC(C)(C)c1ccc(OC(=O)c2ccc(N3C(=O)[C@@H]4[C@H]5CC[C@@H](C5)[C@@H]4C3=O)cc2)cc1. The zero-order valence-electron chi connectivity index (χ0n) is 18.8. The Morgan fingerprint density at radius 1 is 0.938 bits per heavy atom. The molecule has 0 unspecified atom stereocenters. The molecule has 0 spiro atoms. The molecule has 3 aliphatic rings. The lowest BCUT2D eigenvalue weighted by molar-refractivity contribution is -0.123. The van der Waals surface area contributed by atoms with Gasteiger partial charge in [-0.15, -0.1) is 0 Å². The van der Waals surface area contributed by atoms with Crippen LogP contribution in [-0.2, 0) is 15.0 Å². The van der Waals surface area contributed by atoms with Crippen molar-refractivity contribution < 1.29 is 19.1 Å². The van der Waals surface area contributed by atoms with Crippen LogP contribution in [0.4, 0.5) is 5.69 Å². The average molecular weight is 432 g/mol. The summed E-state index contributed by atoms with van der Waals surface area (Å²) in [6.07, 6.45) is 4.15. The molecule has 2 bridgehead atoms. The van der Waals surface area contributed by atoms with Gasteiger partial charge in [-0.25, -0.2) is 4.79 Å². The molecule has 166 valence electrons. The Morgan fingerprint density at radius 3 is 2.03 bits per heavy atom. The van der Waals surface area contributed by atoms with Crippen LogP contribution < -0.4 is 9.64 Å². The summed E-state index contributed by atoms with van der Waals surface area (Å²) >= 11 is 0. The Balaban J connectivity index is 1.28. The van der Waals surface area contributed by atoms with Crippen LogP contribution in [0.2, 0.25) is 0 Å². The van der Waals surface area contributed by atoms with E-state index in [-0.39, 0.29) is 29.1 Å². The predicted octanol–water partition coefficient (Wildman–Crippen LogP) is 5.13. The van der Waals surface area contributed by atoms with E-state index in [0.717, 1.165) is 25.7 Å². The van der Waals surface area contributed by atoms with Crippen LogP contribution in [0.5, 0.6) is 5.75 Å². The van der Waals surface area contributed by atoms with Gasteiger partial charge in [0.2, 0.25) is 11.8 Å². The molecule has 3 fully saturated rings. The normalized spacial score (nSPS) is 26.5. The third-order valence-electron chi connectivity index (χ3n) is 8.02. The molecule has 32 heavy (non-hydrogen) atoms. The summed E-state index contributed by atoms with van der Waals surface area (Å²) in [7, 11) is 0. The fraction of sp³-hybridized carbons (Fsp3) is 0.444. The van der Waals surface area contributed by atoms with Gasteiger partial charge in [-0.2, -0.15) is 0 Å². The first-order chi connectivity index (χ1) is 15.3. The zero-order chi connectivity index (χ0) is 22.6. The van der Waals surface area contributed by atoms with Crippen molar-refractivity contribution in [1.29, 1.82) is 0 Å². The highest BCUT2D eigenvalue weighted by Gasteiger charge is 2.61. The molecule has 0 aromatic heterocycles. The van der Waals surface area contributed by atoms with Crippen molar-refractivity contribution in [3.05, 3.63) is 59.7 Å². The van der Waals surface area contributed by atoms with Gasteiger partial charge in [-0.05, 0) is 84.9 Å². The minimum Gasteiger partial charge on any atom is -0.423 e. The summed E-state index contributed by atoms with van der Waals surface area (Å²) in [4.78, 5) is 39.9. The van der Waals surface area contributed by atoms with Crippen LogP contribution in [0.1, 0.15) is 62.4 Å². The molecule has 2 aliphatic carbocycles. The predicted molar refractivity (Wildman–Crippen MR) is 121 cm³/mol. The summed E-state index contributed by atoms with van der Waals surface area (Å²) < 4.78 is 5.52. The van der Waals surface area contributed by atoms with Gasteiger partial charge in [0, 0.05) is 0 Å². The van der Waals surface area contributed by atoms with Crippen molar-refractivity contribution in [2.24, 2.45) is 23.7 Å².